The summed E-state index contributed by atoms with van der Waals surface area (Å²) in [4.78, 5) is 11.7. The van der Waals surface area contributed by atoms with Crippen LogP contribution in [0.5, 0.6) is 0 Å². The zero-order valence-electron chi connectivity index (χ0n) is 14.8. The highest BCUT2D eigenvalue weighted by Crippen LogP contribution is 2.24. The first-order chi connectivity index (χ1) is 10.2. The molecule has 5 heteroatoms. The lowest BCUT2D eigenvalue weighted by Gasteiger charge is -2.24. The van der Waals surface area contributed by atoms with Crippen molar-refractivity contribution in [3.05, 3.63) is 0 Å². The van der Waals surface area contributed by atoms with Crippen molar-refractivity contribution in [1.82, 2.24) is 10.6 Å². The van der Waals surface area contributed by atoms with Gasteiger partial charge in [0.25, 0.3) is 0 Å². The Morgan fingerprint density at radius 2 is 1.95 bits per heavy atom. The Labute approximate surface area is 135 Å². The highest BCUT2D eigenvalue weighted by atomic mass is 16.6. The third kappa shape index (κ3) is 7.99. The van der Waals surface area contributed by atoms with Crippen molar-refractivity contribution < 1.29 is 14.6 Å². The fourth-order valence-electron chi connectivity index (χ4n) is 2.78. The molecule has 1 rings (SSSR count). The highest BCUT2D eigenvalue weighted by Gasteiger charge is 2.23. The van der Waals surface area contributed by atoms with E-state index in [9.17, 15) is 9.90 Å². The molecule has 1 aliphatic rings. The molecule has 0 radical (unpaired) electrons. The topological polar surface area (TPSA) is 70.6 Å². The zero-order valence-corrected chi connectivity index (χ0v) is 14.8. The highest BCUT2D eigenvalue weighted by molar-refractivity contribution is 5.67. The van der Waals surface area contributed by atoms with E-state index >= 15 is 0 Å². The molecule has 3 atom stereocenters. The maximum atomic E-state index is 11.7. The van der Waals surface area contributed by atoms with E-state index in [0.29, 0.717) is 24.3 Å². The minimum Gasteiger partial charge on any atom is -0.444 e. The molecule has 1 fully saturated rings. The van der Waals surface area contributed by atoms with E-state index in [0.717, 1.165) is 32.4 Å². The van der Waals surface area contributed by atoms with E-state index in [1.807, 2.05) is 20.8 Å². The molecule has 1 aliphatic carbocycles. The van der Waals surface area contributed by atoms with Gasteiger partial charge in [0, 0.05) is 6.54 Å². The van der Waals surface area contributed by atoms with Gasteiger partial charge in [-0.05, 0) is 70.9 Å². The smallest absolute Gasteiger partial charge is 0.407 e. The lowest BCUT2D eigenvalue weighted by molar-refractivity contribution is 0.0514. The maximum Gasteiger partial charge on any atom is 0.407 e. The van der Waals surface area contributed by atoms with Gasteiger partial charge in [-0.25, -0.2) is 4.79 Å². The van der Waals surface area contributed by atoms with Crippen LogP contribution in [0.2, 0.25) is 0 Å². The first-order valence-corrected chi connectivity index (χ1v) is 8.53. The van der Waals surface area contributed by atoms with E-state index in [1.54, 1.807) is 0 Å². The average Bonchev–Trinajstić information content (AvgIpc) is 2.76. The summed E-state index contributed by atoms with van der Waals surface area (Å²) < 4.78 is 5.27. The Morgan fingerprint density at radius 1 is 1.27 bits per heavy atom. The van der Waals surface area contributed by atoms with Gasteiger partial charge in [-0.15, -0.1) is 0 Å². The Balaban J connectivity index is 2.25. The number of carbonyl (C=O) groups excluding carboxylic acids is 1. The molecule has 5 nitrogen and oxygen atoms in total. The van der Waals surface area contributed by atoms with Crippen LogP contribution in [-0.2, 0) is 4.74 Å². The molecule has 3 N–H and O–H groups in total. The van der Waals surface area contributed by atoms with Crippen LogP contribution in [0.4, 0.5) is 4.79 Å². The molecule has 1 amide bonds. The zero-order chi connectivity index (χ0) is 16.8. The minimum absolute atomic E-state index is 0.110. The molecule has 0 heterocycles. The predicted octanol–water partition coefficient (Wildman–Crippen LogP) is 2.53. The van der Waals surface area contributed by atoms with Crippen molar-refractivity contribution in [2.75, 3.05) is 19.6 Å². The number of aliphatic hydroxyl groups is 1. The number of nitrogens with one attached hydrogen (secondary N) is 2. The van der Waals surface area contributed by atoms with Crippen LogP contribution in [0, 0.1) is 17.8 Å². The molecule has 3 unspecified atom stereocenters. The molecule has 0 aromatic heterocycles. The normalized spacial score (nSPS) is 23.6. The summed E-state index contributed by atoms with van der Waals surface area (Å²) >= 11 is 0. The number of aliphatic hydroxyl groups excluding tert-OH is 1. The molecule has 0 aromatic rings. The second-order valence-electron chi connectivity index (χ2n) is 7.88. The largest absolute Gasteiger partial charge is 0.444 e. The van der Waals surface area contributed by atoms with E-state index in [-0.39, 0.29) is 12.2 Å². The lowest BCUT2D eigenvalue weighted by Crippen LogP contribution is -2.40. The lowest BCUT2D eigenvalue weighted by atomic mass is 9.95. The fraction of sp³-hybridized carbons (Fsp3) is 0.941. The first-order valence-electron chi connectivity index (χ1n) is 8.53. The van der Waals surface area contributed by atoms with Crippen LogP contribution in [0.1, 0.15) is 53.9 Å². The monoisotopic (exact) mass is 314 g/mol. The Morgan fingerprint density at radius 3 is 2.45 bits per heavy atom. The first kappa shape index (κ1) is 19.2. The average molecular weight is 314 g/mol. The summed E-state index contributed by atoms with van der Waals surface area (Å²) in [5, 5.41) is 15.9. The minimum atomic E-state index is -0.459. The molecule has 0 aliphatic heterocycles. The second kappa shape index (κ2) is 8.73. The van der Waals surface area contributed by atoms with E-state index in [2.05, 4.69) is 24.5 Å². The molecule has 0 aromatic carbocycles. The third-order valence-corrected chi connectivity index (χ3v) is 4.20. The van der Waals surface area contributed by atoms with Crippen LogP contribution < -0.4 is 10.6 Å². The van der Waals surface area contributed by atoms with Crippen LogP contribution in [-0.4, -0.2) is 42.5 Å². The molecular weight excluding hydrogens is 280 g/mol. The molecule has 0 spiro atoms. The summed E-state index contributed by atoms with van der Waals surface area (Å²) in [5.74, 6) is 1.44. The van der Waals surface area contributed by atoms with Crippen LogP contribution in [0.25, 0.3) is 0 Å². The van der Waals surface area contributed by atoms with Gasteiger partial charge in [0.15, 0.2) is 0 Å². The van der Waals surface area contributed by atoms with Crippen molar-refractivity contribution in [3.63, 3.8) is 0 Å². The van der Waals surface area contributed by atoms with Gasteiger partial charge in [-0.3, -0.25) is 0 Å². The van der Waals surface area contributed by atoms with Gasteiger partial charge in [-0.1, -0.05) is 13.8 Å². The summed E-state index contributed by atoms with van der Waals surface area (Å²) in [5.41, 5.74) is -0.459. The number of hydrogen-bond acceptors (Lipinski definition) is 4. The Bertz CT molecular complexity index is 339. The van der Waals surface area contributed by atoms with Gasteiger partial charge in [0.1, 0.15) is 5.60 Å². The maximum absolute atomic E-state index is 11.7. The van der Waals surface area contributed by atoms with Crippen molar-refractivity contribution in [2.24, 2.45) is 17.8 Å². The molecule has 130 valence electrons. The number of hydrogen-bond donors (Lipinski definition) is 3. The van der Waals surface area contributed by atoms with Crippen molar-refractivity contribution in [2.45, 2.75) is 65.6 Å². The van der Waals surface area contributed by atoms with E-state index < -0.39 is 5.60 Å². The summed E-state index contributed by atoms with van der Waals surface area (Å²) in [6, 6.07) is 0. The number of amides is 1. The standard InChI is InChI=1S/C17H34N2O3/c1-12(2)14(11-19-16(21)22-17(3,4)5)10-18-9-13-6-7-15(20)8-13/h12-15,18,20H,6-11H2,1-5H3,(H,19,21). The number of rotatable bonds is 7. The van der Waals surface area contributed by atoms with Gasteiger partial charge in [-0.2, -0.15) is 0 Å². The van der Waals surface area contributed by atoms with Crippen molar-refractivity contribution in [1.29, 1.82) is 0 Å². The Kier molecular flexibility index (Phi) is 7.63. The third-order valence-electron chi connectivity index (χ3n) is 4.20. The molecule has 1 saturated carbocycles. The molecular formula is C17H34N2O3. The van der Waals surface area contributed by atoms with Crippen LogP contribution >= 0.6 is 0 Å². The molecule has 22 heavy (non-hydrogen) atoms. The second-order valence-corrected chi connectivity index (χ2v) is 7.88. The Hall–Kier alpha value is -0.810. The summed E-state index contributed by atoms with van der Waals surface area (Å²) in [6.07, 6.45) is 2.49. The molecule has 0 bridgehead atoms. The molecule has 0 saturated heterocycles. The van der Waals surface area contributed by atoms with Gasteiger partial charge >= 0.3 is 6.09 Å². The van der Waals surface area contributed by atoms with E-state index in [4.69, 9.17) is 4.74 Å². The van der Waals surface area contributed by atoms with Crippen molar-refractivity contribution in [3.8, 4) is 0 Å². The van der Waals surface area contributed by atoms with Crippen LogP contribution in [0.15, 0.2) is 0 Å². The SMILES string of the molecule is CC(C)C(CNCC1CCC(O)C1)CNC(=O)OC(C)(C)C. The number of carbonyl (C=O) groups is 1. The van der Waals surface area contributed by atoms with Gasteiger partial charge in [0.05, 0.1) is 6.10 Å². The quantitative estimate of drug-likeness (QED) is 0.675. The number of ether oxygens (including phenoxy) is 1. The van der Waals surface area contributed by atoms with E-state index in [1.165, 1.54) is 0 Å². The summed E-state index contributed by atoms with van der Waals surface area (Å²) in [7, 11) is 0. The number of alkyl carbamates (subject to hydrolysis) is 1. The van der Waals surface area contributed by atoms with Gasteiger partial charge < -0.3 is 20.5 Å². The predicted molar refractivity (Wildman–Crippen MR) is 88.8 cm³/mol. The van der Waals surface area contributed by atoms with Crippen LogP contribution in [0.3, 0.4) is 0 Å². The fourth-order valence-corrected chi connectivity index (χ4v) is 2.78. The van der Waals surface area contributed by atoms with Crippen molar-refractivity contribution >= 4 is 6.09 Å². The summed E-state index contributed by atoms with van der Waals surface area (Å²) in [6.45, 7) is 12.4. The van der Waals surface area contributed by atoms with Gasteiger partial charge in [0.2, 0.25) is 0 Å².